The van der Waals surface area contributed by atoms with Crippen LogP contribution in [-0.4, -0.2) is 38.4 Å². The zero-order valence-electron chi connectivity index (χ0n) is 11.5. The van der Waals surface area contributed by atoms with Crippen molar-refractivity contribution in [3.63, 3.8) is 0 Å². The molecule has 2 rings (SSSR count). The van der Waals surface area contributed by atoms with Crippen LogP contribution in [0.4, 0.5) is 0 Å². The highest BCUT2D eigenvalue weighted by atomic mass is 35.5. The molecule has 1 atom stereocenters. The number of para-hydroxylation sites is 1. The number of aliphatic hydroxyl groups excluding tert-OH is 1. The number of rotatable bonds is 4. The van der Waals surface area contributed by atoms with Gasteiger partial charge in [-0.2, -0.15) is 0 Å². The van der Waals surface area contributed by atoms with Gasteiger partial charge in [-0.15, -0.1) is 5.10 Å². The number of carbonyl (C=O) groups is 1. The summed E-state index contributed by atoms with van der Waals surface area (Å²) in [4.78, 5) is 16.0. The van der Waals surface area contributed by atoms with Crippen molar-refractivity contribution < 1.29 is 9.90 Å². The quantitative estimate of drug-likeness (QED) is 0.899. The van der Waals surface area contributed by atoms with Gasteiger partial charge in [0, 0.05) is 6.54 Å². The predicted octanol–water partition coefficient (Wildman–Crippen LogP) is 1.99. The number of amides is 1. The summed E-state index contributed by atoms with van der Waals surface area (Å²) in [5.74, 6) is -0.00254. The predicted molar refractivity (Wildman–Crippen MR) is 80.1 cm³/mol. The molecule has 1 aromatic heterocycles. The third-order valence-corrected chi connectivity index (χ3v) is 3.29. The molecule has 2 N–H and O–H groups in total. The molecule has 1 amide bonds. The maximum Gasteiger partial charge on any atom is 0.291 e. The average molecular weight is 329 g/mol. The van der Waals surface area contributed by atoms with Crippen molar-refractivity contribution in [3.8, 4) is 5.69 Å². The molecule has 21 heavy (non-hydrogen) atoms. The van der Waals surface area contributed by atoms with Gasteiger partial charge in [0.2, 0.25) is 5.82 Å². The molecule has 112 valence electrons. The normalized spacial score (nSPS) is 12.2. The summed E-state index contributed by atoms with van der Waals surface area (Å²) in [6, 6.07) is 5.07. The lowest BCUT2D eigenvalue weighted by atomic mass is 10.3. The molecule has 0 saturated heterocycles. The molecule has 1 heterocycles. The number of aryl methyl sites for hydroxylation is 1. The van der Waals surface area contributed by atoms with Crippen LogP contribution in [0, 0.1) is 6.92 Å². The zero-order chi connectivity index (χ0) is 15.6. The Morgan fingerprint density at radius 1 is 1.43 bits per heavy atom. The van der Waals surface area contributed by atoms with E-state index in [2.05, 4.69) is 15.4 Å². The van der Waals surface area contributed by atoms with Crippen LogP contribution in [0.3, 0.4) is 0 Å². The Labute approximate surface area is 131 Å². The van der Waals surface area contributed by atoms with Crippen molar-refractivity contribution in [2.75, 3.05) is 6.54 Å². The minimum Gasteiger partial charge on any atom is -0.392 e. The largest absolute Gasteiger partial charge is 0.392 e. The first-order valence-electron chi connectivity index (χ1n) is 6.24. The van der Waals surface area contributed by atoms with Crippen molar-refractivity contribution in [2.24, 2.45) is 0 Å². The van der Waals surface area contributed by atoms with Gasteiger partial charge in [0.15, 0.2) is 0 Å². The topological polar surface area (TPSA) is 80.0 Å². The standard InChI is InChI=1S/C13H14Cl2N4O2/c1-7(20)6-16-13(21)12-17-8(2)19(18-12)11-9(14)4-3-5-10(11)15/h3-5,7,20H,6H2,1-2H3,(H,16,21). The lowest BCUT2D eigenvalue weighted by molar-refractivity contribution is 0.0913. The monoisotopic (exact) mass is 328 g/mol. The van der Waals surface area contributed by atoms with Crippen molar-refractivity contribution in [1.82, 2.24) is 20.1 Å². The van der Waals surface area contributed by atoms with Crippen LogP contribution >= 0.6 is 23.2 Å². The fourth-order valence-corrected chi connectivity index (χ4v) is 2.27. The average Bonchev–Trinajstić information content (AvgIpc) is 2.78. The first-order valence-corrected chi connectivity index (χ1v) is 7.00. The van der Waals surface area contributed by atoms with E-state index >= 15 is 0 Å². The van der Waals surface area contributed by atoms with E-state index in [1.54, 1.807) is 32.0 Å². The summed E-state index contributed by atoms with van der Waals surface area (Å²) in [6.07, 6.45) is -0.643. The molecule has 0 saturated carbocycles. The smallest absolute Gasteiger partial charge is 0.291 e. The second-order valence-corrected chi connectivity index (χ2v) is 5.34. The van der Waals surface area contributed by atoms with Gasteiger partial charge in [0.05, 0.1) is 16.1 Å². The molecule has 1 aromatic carbocycles. The van der Waals surface area contributed by atoms with E-state index in [4.69, 9.17) is 28.3 Å². The molecule has 2 aromatic rings. The number of benzene rings is 1. The first-order chi connectivity index (χ1) is 9.90. The number of hydrogen-bond donors (Lipinski definition) is 2. The number of nitrogens with one attached hydrogen (secondary N) is 1. The second-order valence-electron chi connectivity index (χ2n) is 4.52. The molecular weight excluding hydrogens is 315 g/mol. The molecule has 0 aliphatic rings. The highest BCUT2D eigenvalue weighted by Crippen LogP contribution is 2.28. The summed E-state index contributed by atoms with van der Waals surface area (Å²) in [5, 5.41) is 16.6. The number of aromatic nitrogens is 3. The van der Waals surface area contributed by atoms with Crippen LogP contribution in [-0.2, 0) is 0 Å². The van der Waals surface area contributed by atoms with Crippen LogP contribution in [0.1, 0.15) is 23.4 Å². The number of nitrogens with zero attached hydrogens (tertiary/aromatic N) is 3. The van der Waals surface area contributed by atoms with Crippen molar-refractivity contribution in [1.29, 1.82) is 0 Å². The molecule has 0 fully saturated rings. The van der Waals surface area contributed by atoms with Crippen LogP contribution in [0.25, 0.3) is 5.69 Å². The maximum atomic E-state index is 11.9. The third kappa shape index (κ3) is 3.53. The molecule has 1 unspecified atom stereocenters. The highest BCUT2D eigenvalue weighted by molar-refractivity contribution is 6.37. The van der Waals surface area contributed by atoms with Gasteiger partial charge in [-0.05, 0) is 26.0 Å². The van der Waals surface area contributed by atoms with E-state index in [1.165, 1.54) is 4.68 Å². The van der Waals surface area contributed by atoms with Gasteiger partial charge in [-0.25, -0.2) is 9.67 Å². The number of aliphatic hydroxyl groups is 1. The Hall–Kier alpha value is -1.63. The van der Waals surface area contributed by atoms with Gasteiger partial charge in [-0.1, -0.05) is 29.3 Å². The second kappa shape index (κ2) is 6.43. The summed E-state index contributed by atoms with van der Waals surface area (Å²) >= 11 is 12.2. The third-order valence-electron chi connectivity index (χ3n) is 2.68. The van der Waals surface area contributed by atoms with Gasteiger partial charge in [0.25, 0.3) is 5.91 Å². The fraction of sp³-hybridized carbons (Fsp3) is 0.308. The Morgan fingerprint density at radius 2 is 2.05 bits per heavy atom. The molecule has 6 nitrogen and oxygen atoms in total. The Balaban J connectivity index is 2.34. The minimum atomic E-state index is -0.643. The van der Waals surface area contributed by atoms with E-state index in [1.807, 2.05) is 0 Å². The summed E-state index contributed by atoms with van der Waals surface area (Å²) < 4.78 is 1.42. The minimum absolute atomic E-state index is 0.0101. The SMILES string of the molecule is Cc1nc(C(=O)NCC(C)O)nn1-c1c(Cl)cccc1Cl. The van der Waals surface area contributed by atoms with Crippen LogP contribution in [0.5, 0.6) is 0 Å². The van der Waals surface area contributed by atoms with Gasteiger partial charge < -0.3 is 10.4 Å². The van der Waals surface area contributed by atoms with E-state index in [-0.39, 0.29) is 12.4 Å². The van der Waals surface area contributed by atoms with Gasteiger partial charge in [-0.3, -0.25) is 4.79 Å². The number of halogens is 2. The number of carbonyl (C=O) groups excluding carboxylic acids is 1. The lowest BCUT2D eigenvalue weighted by Crippen LogP contribution is -2.31. The van der Waals surface area contributed by atoms with Gasteiger partial charge >= 0.3 is 0 Å². The molecule has 0 radical (unpaired) electrons. The maximum absolute atomic E-state index is 11.9. The van der Waals surface area contributed by atoms with Crippen LogP contribution < -0.4 is 5.32 Å². The van der Waals surface area contributed by atoms with Gasteiger partial charge in [0.1, 0.15) is 11.5 Å². The van der Waals surface area contributed by atoms with E-state index in [0.29, 0.717) is 21.6 Å². The van der Waals surface area contributed by atoms with E-state index in [9.17, 15) is 4.79 Å². The molecule has 8 heteroatoms. The molecule has 0 aliphatic heterocycles. The lowest BCUT2D eigenvalue weighted by Gasteiger charge is -2.07. The van der Waals surface area contributed by atoms with Crippen molar-refractivity contribution >= 4 is 29.1 Å². The number of hydrogen-bond acceptors (Lipinski definition) is 4. The zero-order valence-corrected chi connectivity index (χ0v) is 13.0. The highest BCUT2D eigenvalue weighted by Gasteiger charge is 2.18. The molecule has 0 bridgehead atoms. The molecular formula is C13H14Cl2N4O2. The van der Waals surface area contributed by atoms with Crippen molar-refractivity contribution in [3.05, 3.63) is 39.9 Å². The fourth-order valence-electron chi connectivity index (χ4n) is 1.71. The Morgan fingerprint density at radius 3 is 2.62 bits per heavy atom. The Kier molecular flexibility index (Phi) is 4.82. The van der Waals surface area contributed by atoms with Crippen LogP contribution in [0.15, 0.2) is 18.2 Å². The summed E-state index contributed by atoms with van der Waals surface area (Å²) in [5.41, 5.74) is 0.473. The summed E-state index contributed by atoms with van der Waals surface area (Å²) in [6.45, 7) is 3.39. The van der Waals surface area contributed by atoms with Crippen molar-refractivity contribution in [2.45, 2.75) is 20.0 Å². The summed E-state index contributed by atoms with van der Waals surface area (Å²) in [7, 11) is 0. The molecule has 0 spiro atoms. The van der Waals surface area contributed by atoms with E-state index < -0.39 is 12.0 Å². The molecule has 0 aliphatic carbocycles. The Bertz CT molecular complexity index is 650. The van der Waals surface area contributed by atoms with Crippen LogP contribution in [0.2, 0.25) is 10.0 Å². The van der Waals surface area contributed by atoms with E-state index in [0.717, 1.165) is 0 Å². The first kappa shape index (κ1) is 15.8.